The molecule has 0 radical (unpaired) electrons. The van der Waals surface area contributed by atoms with Gasteiger partial charge < -0.3 is 23.7 Å². The van der Waals surface area contributed by atoms with Crippen molar-refractivity contribution in [1.82, 2.24) is 9.80 Å². The molecule has 0 bridgehead atoms. The minimum Gasteiger partial charge on any atom is -0.494 e. The standard InChI is InChI=1S/C25H32N2O4/c1-26(2)13-5-15-29-20-9-7-19(8-10-20)23-18-31-24-17-21(11-12-22(24)25(23)28)30-16-6-14-27(3)4/h7-12,17-18H,5-6,13-16H2,1-4H3. The van der Waals surface area contributed by atoms with Crippen LogP contribution in [0, 0.1) is 0 Å². The Bertz CT molecular complexity index is 1030. The van der Waals surface area contributed by atoms with Gasteiger partial charge in [-0.2, -0.15) is 0 Å². The number of hydrogen-bond acceptors (Lipinski definition) is 6. The lowest BCUT2D eigenvalue weighted by Gasteiger charge is -2.11. The van der Waals surface area contributed by atoms with Crippen molar-refractivity contribution in [3.63, 3.8) is 0 Å². The average Bonchev–Trinajstić information content (AvgIpc) is 2.75. The third-order valence-electron chi connectivity index (χ3n) is 4.95. The van der Waals surface area contributed by atoms with Crippen LogP contribution < -0.4 is 14.9 Å². The molecule has 0 aliphatic heterocycles. The van der Waals surface area contributed by atoms with Crippen molar-refractivity contribution >= 4 is 11.0 Å². The van der Waals surface area contributed by atoms with Crippen LogP contribution in [0.15, 0.2) is 57.9 Å². The van der Waals surface area contributed by atoms with E-state index in [1.54, 1.807) is 12.1 Å². The normalized spacial score (nSPS) is 11.4. The maximum absolute atomic E-state index is 13.0. The summed E-state index contributed by atoms with van der Waals surface area (Å²) in [5.74, 6) is 1.50. The van der Waals surface area contributed by atoms with Gasteiger partial charge in [0.25, 0.3) is 0 Å². The van der Waals surface area contributed by atoms with Gasteiger partial charge in [0.2, 0.25) is 0 Å². The predicted molar refractivity (Wildman–Crippen MR) is 125 cm³/mol. The first-order valence-electron chi connectivity index (χ1n) is 10.6. The smallest absolute Gasteiger partial charge is 0.200 e. The molecule has 3 aromatic rings. The van der Waals surface area contributed by atoms with Crippen molar-refractivity contribution in [3.8, 4) is 22.6 Å². The van der Waals surface area contributed by atoms with Crippen LogP contribution in [0.2, 0.25) is 0 Å². The lowest BCUT2D eigenvalue weighted by Crippen LogP contribution is -2.15. The molecule has 0 saturated carbocycles. The molecule has 1 heterocycles. The van der Waals surface area contributed by atoms with Gasteiger partial charge in [0, 0.05) is 19.2 Å². The molecule has 6 heteroatoms. The molecule has 0 saturated heterocycles. The van der Waals surface area contributed by atoms with Crippen molar-refractivity contribution in [2.75, 3.05) is 54.5 Å². The molecule has 31 heavy (non-hydrogen) atoms. The molecule has 0 aliphatic carbocycles. The average molecular weight is 425 g/mol. The Hall–Kier alpha value is -2.83. The summed E-state index contributed by atoms with van der Waals surface area (Å²) in [5.41, 5.74) is 1.81. The summed E-state index contributed by atoms with van der Waals surface area (Å²) in [6.07, 6.45) is 3.42. The fraction of sp³-hybridized carbons (Fsp3) is 0.400. The highest BCUT2D eigenvalue weighted by molar-refractivity contribution is 5.82. The number of ether oxygens (including phenoxy) is 2. The fourth-order valence-electron chi connectivity index (χ4n) is 3.27. The first-order chi connectivity index (χ1) is 14.9. The SMILES string of the molecule is CN(C)CCCOc1ccc(-c2coc3cc(OCCCN(C)C)ccc3c2=O)cc1. The summed E-state index contributed by atoms with van der Waals surface area (Å²) in [6.45, 7) is 3.23. The number of rotatable bonds is 11. The Morgan fingerprint density at radius 1 is 0.806 bits per heavy atom. The van der Waals surface area contributed by atoms with Gasteiger partial charge in [-0.3, -0.25) is 4.79 Å². The zero-order valence-electron chi connectivity index (χ0n) is 18.9. The van der Waals surface area contributed by atoms with Gasteiger partial charge in [-0.15, -0.1) is 0 Å². The maximum Gasteiger partial charge on any atom is 0.200 e. The highest BCUT2D eigenvalue weighted by Crippen LogP contribution is 2.24. The summed E-state index contributed by atoms with van der Waals surface area (Å²) >= 11 is 0. The third-order valence-corrected chi connectivity index (χ3v) is 4.95. The molecule has 0 unspecified atom stereocenters. The second-order valence-corrected chi connectivity index (χ2v) is 8.17. The van der Waals surface area contributed by atoms with E-state index in [1.165, 1.54) is 6.26 Å². The summed E-state index contributed by atoms with van der Waals surface area (Å²) in [7, 11) is 8.17. The van der Waals surface area contributed by atoms with E-state index in [0.29, 0.717) is 35.5 Å². The van der Waals surface area contributed by atoms with Crippen LogP contribution in [-0.4, -0.2) is 64.3 Å². The summed E-state index contributed by atoms with van der Waals surface area (Å²) in [4.78, 5) is 17.2. The van der Waals surface area contributed by atoms with Crippen LogP contribution in [-0.2, 0) is 0 Å². The van der Waals surface area contributed by atoms with Crippen LogP contribution in [0.5, 0.6) is 11.5 Å². The van der Waals surface area contributed by atoms with E-state index in [2.05, 4.69) is 9.80 Å². The van der Waals surface area contributed by atoms with Gasteiger partial charge in [0.15, 0.2) is 5.43 Å². The predicted octanol–water partition coefficient (Wildman–Crippen LogP) is 4.12. The second-order valence-electron chi connectivity index (χ2n) is 8.17. The zero-order valence-corrected chi connectivity index (χ0v) is 18.9. The number of fused-ring (bicyclic) bond motifs is 1. The van der Waals surface area contributed by atoms with Crippen molar-refractivity contribution in [3.05, 3.63) is 59.0 Å². The molecule has 0 fully saturated rings. The second kappa shape index (κ2) is 11.0. The molecule has 2 aromatic carbocycles. The summed E-state index contributed by atoms with van der Waals surface area (Å²) < 4.78 is 17.3. The number of hydrogen-bond donors (Lipinski definition) is 0. The van der Waals surface area contributed by atoms with Gasteiger partial charge in [-0.25, -0.2) is 0 Å². The Morgan fingerprint density at radius 2 is 1.39 bits per heavy atom. The van der Waals surface area contributed by atoms with Gasteiger partial charge in [0.1, 0.15) is 23.3 Å². The van der Waals surface area contributed by atoms with Crippen LogP contribution in [0.1, 0.15) is 12.8 Å². The van der Waals surface area contributed by atoms with Gasteiger partial charge >= 0.3 is 0 Å². The zero-order chi connectivity index (χ0) is 22.2. The van der Waals surface area contributed by atoms with E-state index >= 15 is 0 Å². The van der Waals surface area contributed by atoms with Gasteiger partial charge in [0.05, 0.1) is 24.2 Å². The molecular weight excluding hydrogens is 392 g/mol. The Morgan fingerprint density at radius 3 is 2.00 bits per heavy atom. The van der Waals surface area contributed by atoms with Crippen molar-refractivity contribution < 1.29 is 13.9 Å². The first-order valence-corrected chi connectivity index (χ1v) is 10.6. The van der Waals surface area contributed by atoms with Crippen LogP contribution >= 0.6 is 0 Å². The molecule has 0 atom stereocenters. The van der Waals surface area contributed by atoms with Crippen LogP contribution in [0.3, 0.4) is 0 Å². The monoisotopic (exact) mass is 424 g/mol. The molecule has 0 spiro atoms. The molecule has 1 aromatic heterocycles. The Balaban J connectivity index is 1.68. The Kier molecular flexibility index (Phi) is 8.09. The molecular formula is C25H32N2O4. The highest BCUT2D eigenvalue weighted by atomic mass is 16.5. The lowest BCUT2D eigenvalue weighted by molar-refractivity contribution is 0.281. The number of nitrogens with zero attached hydrogens (tertiary/aromatic N) is 2. The largest absolute Gasteiger partial charge is 0.494 e. The molecule has 3 rings (SSSR count). The minimum atomic E-state index is -0.0555. The fourth-order valence-corrected chi connectivity index (χ4v) is 3.27. The molecule has 6 nitrogen and oxygen atoms in total. The van der Waals surface area contributed by atoms with Crippen molar-refractivity contribution in [2.24, 2.45) is 0 Å². The van der Waals surface area contributed by atoms with Gasteiger partial charge in [-0.05, 0) is 70.9 Å². The summed E-state index contributed by atoms with van der Waals surface area (Å²) in [6, 6.07) is 12.9. The van der Waals surface area contributed by atoms with Crippen LogP contribution in [0.25, 0.3) is 22.1 Å². The first kappa shape index (κ1) is 22.8. The van der Waals surface area contributed by atoms with E-state index in [4.69, 9.17) is 13.9 Å². The van der Waals surface area contributed by atoms with Crippen LogP contribution in [0.4, 0.5) is 0 Å². The minimum absolute atomic E-state index is 0.0555. The topological polar surface area (TPSA) is 55.2 Å². The molecule has 0 amide bonds. The van der Waals surface area contributed by atoms with Gasteiger partial charge in [-0.1, -0.05) is 12.1 Å². The lowest BCUT2D eigenvalue weighted by atomic mass is 10.1. The molecule has 0 aliphatic rings. The van der Waals surface area contributed by atoms with E-state index in [1.807, 2.05) is 58.5 Å². The highest BCUT2D eigenvalue weighted by Gasteiger charge is 2.10. The molecule has 0 N–H and O–H groups in total. The number of benzene rings is 2. The van der Waals surface area contributed by atoms with E-state index in [0.717, 1.165) is 37.2 Å². The van der Waals surface area contributed by atoms with Crippen molar-refractivity contribution in [2.45, 2.75) is 12.8 Å². The quantitative estimate of drug-likeness (QED) is 0.432. The Labute approximate surface area is 184 Å². The summed E-state index contributed by atoms with van der Waals surface area (Å²) in [5, 5.41) is 0.544. The molecule has 166 valence electrons. The van der Waals surface area contributed by atoms with E-state index in [-0.39, 0.29) is 5.43 Å². The maximum atomic E-state index is 13.0. The van der Waals surface area contributed by atoms with E-state index in [9.17, 15) is 4.79 Å². The third kappa shape index (κ3) is 6.57. The van der Waals surface area contributed by atoms with E-state index < -0.39 is 0 Å². The van der Waals surface area contributed by atoms with Crippen molar-refractivity contribution in [1.29, 1.82) is 0 Å².